The summed E-state index contributed by atoms with van der Waals surface area (Å²) in [7, 11) is -2.15. The van der Waals surface area contributed by atoms with Gasteiger partial charge in [-0.05, 0) is 24.3 Å². The maximum absolute atomic E-state index is 13.6. The van der Waals surface area contributed by atoms with Crippen LogP contribution < -0.4 is 10.6 Å². The van der Waals surface area contributed by atoms with Crippen LogP contribution in [0.4, 0.5) is 0 Å². The number of ketones is 3. The first kappa shape index (κ1) is 29.9. The maximum Gasteiger partial charge on any atom is 0.416 e. The van der Waals surface area contributed by atoms with Crippen molar-refractivity contribution in [2.75, 3.05) is 0 Å². The Morgan fingerprint density at radius 2 is 0.568 bits per heavy atom. The lowest BCUT2D eigenvalue weighted by atomic mass is 10.0. The molecule has 0 aliphatic carbocycles. The summed E-state index contributed by atoms with van der Waals surface area (Å²) < 4.78 is 13.6. The van der Waals surface area contributed by atoms with Gasteiger partial charge in [-0.15, -0.1) is 0 Å². The van der Waals surface area contributed by atoms with Crippen LogP contribution in [0.5, 0.6) is 0 Å². The predicted octanol–water partition coefficient (Wildman–Crippen LogP) is 7.84. The number of hydrogen-bond donors (Lipinski definition) is 0. The molecule has 44 heavy (non-hydrogen) atoms. The molecule has 0 spiro atoms. The van der Waals surface area contributed by atoms with Crippen molar-refractivity contribution in [3.63, 3.8) is 0 Å². The second kappa shape index (κ2) is 14.6. The summed E-state index contributed by atoms with van der Waals surface area (Å²) in [5, 5.41) is 0.851. The molecule has 0 aliphatic heterocycles. The Balaban J connectivity index is 0.000000229. The van der Waals surface area contributed by atoms with Crippen LogP contribution in [0.2, 0.25) is 0 Å². The summed E-state index contributed by atoms with van der Waals surface area (Å²) in [6.45, 7) is 0. The van der Waals surface area contributed by atoms with Crippen molar-refractivity contribution in [3.05, 3.63) is 203 Å². The highest BCUT2D eigenvalue weighted by Gasteiger charge is 2.33. The lowest BCUT2D eigenvalue weighted by molar-refractivity contribution is 0.103. The molecule has 0 saturated carbocycles. The highest BCUT2D eigenvalue weighted by atomic mass is 31.1. The van der Waals surface area contributed by atoms with Gasteiger partial charge < -0.3 is 0 Å². The highest BCUT2D eigenvalue weighted by Crippen LogP contribution is 2.26. The van der Waals surface area contributed by atoms with E-state index >= 15 is 0 Å². The minimum atomic E-state index is -2.15. The first-order chi connectivity index (χ1) is 21.5. The minimum Gasteiger partial charge on any atom is -0.289 e. The molecule has 0 aliphatic rings. The van der Waals surface area contributed by atoms with Crippen LogP contribution in [0.15, 0.2) is 170 Å². The molecule has 0 saturated heterocycles. The Kier molecular flexibility index (Phi) is 9.89. The Labute approximate surface area is 257 Å². The van der Waals surface area contributed by atoms with E-state index in [4.69, 9.17) is 0 Å². The van der Waals surface area contributed by atoms with Gasteiger partial charge in [0, 0.05) is 22.3 Å². The molecule has 0 aromatic heterocycles. The van der Waals surface area contributed by atoms with E-state index < -0.39 is 7.80 Å². The summed E-state index contributed by atoms with van der Waals surface area (Å²) in [4.78, 5) is 37.9. The smallest absolute Gasteiger partial charge is 0.289 e. The van der Waals surface area contributed by atoms with E-state index in [1.54, 1.807) is 97.1 Å². The quantitative estimate of drug-likeness (QED) is 0.134. The summed E-state index contributed by atoms with van der Waals surface area (Å²) in [5.41, 5.74) is 3.29. The monoisotopic (exact) mass is 591 g/mol. The molecule has 212 valence electrons. The molecule has 0 N–H and O–H groups in total. The Morgan fingerprint density at radius 3 is 0.886 bits per heavy atom. The number of carbonyl (C=O) groups is 3. The van der Waals surface area contributed by atoms with Crippen molar-refractivity contribution in [1.82, 2.24) is 0 Å². The van der Waals surface area contributed by atoms with Gasteiger partial charge in [0.05, 0.1) is 11.1 Å². The highest BCUT2D eigenvalue weighted by molar-refractivity contribution is 7.62. The van der Waals surface area contributed by atoms with Crippen molar-refractivity contribution < 1.29 is 18.9 Å². The number of hydrogen-bond acceptors (Lipinski definition) is 4. The Bertz CT molecular complexity index is 1760. The van der Waals surface area contributed by atoms with E-state index in [0.717, 1.165) is 11.1 Å². The predicted molar refractivity (Wildman–Crippen MR) is 176 cm³/mol. The molecule has 0 radical (unpaired) electrons. The van der Waals surface area contributed by atoms with E-state index in [-0.39, 0.29) is 17.3 Å². The van der Waals surface area contributed by atoms with E-state index in [9.17, 15) is 18.9 Å². The van der Waals surface area contributed by atoms with Crippen LogP contribution in [0.1, 0.15) is 47.8 Å². The van der Waals surface area contributed by atoms with Crippen molar-refractivity contribution in [3.8, 4) is 0 Å². The van der Waals surface area contributed by atoms with E-state index in [1.165, 1.54) is 0 Å². The van der Waals surface area contributed by atoms with Crippen LogP contribution in [0.3, 0.4) is 0 Å². The van der Waals surface area contributed by atoms with Crippen molar-refractivity contribution >= 4 is 35.8 Å². The van der Waals surface area contributed by atoms with Gasteiger partial charge in [-0.3, -0.25) is 14.4 Å². The van der Waals surface area contributed by atoms with E-state index in [2.05, 4.69) is 0 Å². The topological polar surface area (TPSA) is 68.3 Å². The molecule has 6 aromatic rings. The van der Waals surface area contributed by atoms with Crippen LogP contribution in [0.25, 0.3) is 0 Å². The lowest BCUT2D eigenvalue weighted by Gasteiger charge is -2.04. The molecular weight excluding hydrogens is 563 g/mol. The Hall–Kier alpha value is -5.57. The first-order valence-corrected chi connectivity index (χ1v) is 15.3. The summed E-state index contributed by atoms with van der Waals surface area (Å²) in [6.07, 6.45) is 0. The van der Waals surface area contributed by atoms with Crippen LogP contribution in [0, 0.1) is 0 Å². The van der Waals surface area contributed by atoms with Crippen LogP contribution >= 0.6 is 7.80 Å². The van der Waals surface area contributed by atoms with Gasteiger partial charge in [-0.1, -0.05) is 150 Å². The number of carbonyl (C=O) groups excluding carboxylic acids is 3. The van der Waals surface area contributed by atoms with Gasteiger partial charge in [0.15, 0.2) is 17.3 Å². The van der Waals surface area contributed by atoms with Crippen molar-refractivity contribution in [2.45, 2.75) is 0 Å². The largest absolute Gasteiger partial charge is 0.416 e. The molecule has 6 aromatic carbocycles. The molecule has 0 heterocycles. The minimum absolute atomic E-state index is 0.0752. The fourth-order valence-electron chi connectivity index (χ4n) is 4.65. The lowest BCUT2D eigenvalue weighted by Crippen LogP contribution is -2.20. The fraction of sp³-hybridized carbons (Fsp3) is 0. The first-order valence-electron chi connectivity index (χ1n) is 14.0. The van der Waals surface area contributed by atoms with Crippen LogP contribution in [-0.2, 0) is 4.57 Å². The van der Waals surface area contributed by atoms with Crippen molar-refractivity contribution in [1.29, 1.82) is 0 Å². The zero-order chi connectivity index (χ0) is 30.7. The third-order valence-corrected chi connectivity index (χ3v) is 8.53. The normalized spacial score (nSPS) is 10.2. The van der Waals surface area contributed by atoms with Gasteiger partial charge in [-0.2, -0.15) is 0 Å². The van der Waals surface area contributed by atoms with Gasteiger partial charge in [-0.25, -0.2) is 0 Å². The molecule has 0 bridgehead atoms. The maximum atomic E-state index is 13.6. The van der Waals surface area contributed by atoms with E-state index in [1.807, 2.05) is 72.8 Å². The number of benzene rings is 6. The third kappa shape index (κ3) is 7.07. The van der Waals surface area contributed by atoms with E-state index in [0.29, 0.717) is 32.9 Å². The molecule has 0 unspecified atom stereocenters. The molecule has 4 nitrogen and oxygen atoms in total. The standard InChI is InChI=1S/C26H18O3P.C13H10O/c27-25(19-11-3-1-4-12-19)21-15-7-9-17-23(21)30(29)24-18-10-8-16-22(24)26(28)20-13-5-2-6-14-20;14-13(11-7-3-1-4-8-11)12-9-5-2-6-10-12/h1-18H;1-10H/q+1;. The molecule has 5 heteroatoms. The van der Waals surface area contributed by atoms with Gasteiger partial charge in [0.2, 0.25) is 10.6 Å². The summed E-state index contributed by atoms with van der Waals surface area (Å²) >= 11 is 0. The summed E-state index contributed by atoms with van der Waals surface area (Å²) in [6, 6.07) is 50.2. The average Bonchev–Trinajstić information content (AvgIpc) is 3.12. The van der Waals surface area contributed by atoms with Crippen molar-refractivity contribution in [2.24, 2.45) is 0 Å². The molecule has 6 rings (SSSR count). The van der Waals surface area contributed by atoms with Crippen LogP contribution in [-0.4, -0.2) is 17.3 Å². The zero-order valence-electron chi connectivity index (χ0n) is 23.7. The third-order valence-electron chi connectivity index (χ3n) is 6.88. The molecular formula is C39H28O4P+. The average molecular weight is 592 g/mol. The fourth-order valence-corrected chi connectivity index (χ4v) is 6.14. The zero-order valence-corrected chi connectivity index (χ0v) is 24.6. The summed E-state index contributed by atoms with van der Waals surface area (Å²) in [5.74, 6) is -0.311. The van der Waals surface area contributed by atoms with Gasteiger partial charge in [0.25, 0.3) is 0 Å². The second-order valence-corrected chi connectivity index (χ2v) is 11.3. The Morgan fingerprint density at radius 1 is 0.318 bits per heavy atom. The number of rotatable bonds is 8. The molecule has 0 atom stereocenters. The SMILES string of the molecule is O=C(c1ccccc1)c1ccccc1.O=C(c1ccccc1)c1ccccc1[P+](=O)c1ccccc1C(=O)c1ccccc1. The molecule has 0 fully saturated rings. The molecule has 0 amide bonds. The van der Waals surface area contributed by atoms with Gasteiger partial charge >= 0.3 is 7.80 Å². The van der Waals surface area contributed by atoms with Gasteiger partial charge in [0.1, 0.15) is 0 Å². The second-order valence-electron chi connectivity index (χ2n) is 9.78.